The van der Waals surface area contributed by atoms with Crippen LogP contribution in [0.5, 0.6) is 0 Å². The van der Waals surface area contributed by atoms with Gasteiger partial charge in [-0.2, -0.15) is 0 Å². The first-order valence-electron chi connectivity index (χ1n) is 6.79. The van der Waals surface area contributed by atoms with Crippen molar-refractivity contribution in [1.29, 1.82) is 0 Å². The Hall–Kier alpha value is -2.56. The van der Waals surface area contributed by atoms with Crippen LogP contribution < -0.4 is 5.32 Å². The summed E-state index contributed by atoms with van der Waals surface area (Å²) >= 11 is 0. The zero-order chi connectivity index (χ0) is 17.3. The molecule has 0 radical (unpaired) electrons. The molecule has 0 aliphatic carbocycles. The Morgan fingerprint density at radius 3 is 2.14 bits per heavy atom. The Bertz CT molecular complexity index is 604. The van der Waals surface area contributed by atoms with Gasteiger partial charge in [0.1, 0.15) is 5.84 Å². The maximum absolute atomic E-state index is 11.5. The van der Waals surface area contributed by atoms with Gasteiger partial charge in [-0.05, 0) is 51.6 Å². The fraction of sp³-hybridized carbons (Fsp3) is 0.294. The lowest BCUT2D eigenvalue weighted by Gasteiger charge is -2.06. The van der Waals surface area contributed by atoms with E-state index in [-0.39, 0.29) is 5.91 Å². The van der Waals surface area contributed by atoms with Crippen LogP contribution in [-0.2, 0) is 4.79 Å². The Labute approximate surface area is 132 Å². The van der Waals surface area contributed by atoms with Gasteiger partial charge >= 0.3 is 0 Å². The number of amides is 1. The molecule has 5 heteroatoms. The monoisotopic (exact) mass is 300 g/mol. The molecule has 0 aromatic heterocycles. The lowest BCUT2D eigenvalue weighted by atomic mass is 10.1. The smallest absolute Gasteiger partial charge is 0.250 e. The van der Waals surface area contributed by atoms with Gasteiger partial charge in [0.25, 0.3) is 0 Å². The summed E-state index contributed by atoms with van der Waals surface area (Å²) in [6, 6.07) is 0. The van der Waals surface area contributed by atoms with Gasteiger partial charge in [0.05, 0.1) is 5.70 Å². The highest BCUT2D eigenvalue weighted by molar-refractivity contribution is 6.06. The van der Waals surface area contributed by atoms with E-state index in [0.717, 1.165) is 5.57 Å². The third kappa shape index (κ3) is 6.26. The minimum Gasteiger partial charge on any atom is -0.355 e. The number of rotatable bonds is 5. The van der Waals surface area contributed by atoms with Crippen molar-refractivity contribution in [3.05, 3.63) is 47.7 Å². The van der Waals surface area contributed by atoms with Crippen molar-refractivity contribution in [1.82, 2.24) is 5.32 Å². The Balaban J connectivity index is 5.68. The van der Waals surface area contributed by atoms with E-state index in [1.807, 2.05) is 26.8 Å². The van der Waals surface area contributed by atoms with Gasteiger partial charge < -0.3 is 5.32 Å². The molecule has 0 rings (SSSR count). The molecule has 0 unspecified atom stereocenters. The van der Waals surface area contributed by atoms with Crippen LogP contribution in [0.4, 0.5) is 0 Å². The summed E-state index contributed by atoms with van der Waals surface area (Å²) in [6.45, 7) is 18.3. The van der Waals surface area contributed by atoms with Gasteiger partial charge in [-0.25, -0.2) is 15.0 Å². The Morgan fingerprint density at radius 1 is 1.14 bits per heavy atom. The molecule has 118 valence electrons. The molecule has 1 amide bonds. The summed E-state index contributed by atoms with van der Waals surface area (Å²) in [7, 11) is 1.56. The molecule has 0 spiro atoms. The molecule has 1 N–H and O–H groups in total. The van der Waals surface area contributed by atoms with Crippen LogP contribution in [0.3, 0.4) is 0 Å². The van der Waals surface area contributed by atoms with Crippen LogP contribution in [0.25, 0.3) is 0 Å². The van der Waals surface area contributed by atoms with Gasteiger partial charge in [-0.3, -0.25) is 4.79 Å². The normalized spacial score (nSPS) is 13.7. The molecule has 0 aliphatic rings. The van der Waals surface area contributed by atoms with Crippen LogP contribution >= 0.6 is 0 Å². The van der Waals surface area contributed by atoms with E-state index in [9.17, 15) is 4.79 Å². The van der Waals surface area contributed by atoms with Crippen LogP contribution in [-0.4, -0.2) is 31.3 Å². The second-order valence-corrected chi connectivity index (χ2v) is 4.64. The number of aliphatic imine (C=N–C) groups is 3. The Kier molecular flexibility index (Phi) is 8.30. The van der Waals surface area contributed by atoms with Gasteiger partial charge in [-0.1, -0.05) is 19.2 Å². The van der Waals surface area contributed by atoms with Crippen molar-refractivity contribution in [2.24, 2.45) is 15.0 Å². The van der Waals surface area contributed by atoms with Crippen LogP contribution in [0, 0.1) is 0 Å². The highest BCUT2D eigenvalue weighted by Crippen LogP contribution is 2.15. The minimum atomic E-state index is -0.233. The summed E-state index contributed by atoms with van der Waals surface area (Å²) in [6.07, 6.45) is 3.51. The highest BCUT2D eigenvalue weighted by Gasteiger charge is 2.06. The van der Waals surface area contributed by atoms with E-state index in [2.05, 4.69) is 40.2 Å². The van der Waals surface area contributed by atoms with Crippen molar-refractivity contribution in [2.45, 2.75) is 27.7 Å². The minimum absolute atomic E-state index is 0.233. The summed E-state index contributed by atoms with van der Waals surface area (Å²) < 4.78 is 0. The number of carbonyl (C=O) groups excluding carboxylic acids is 1. The van der Waals surface area contributed by atoms with Crippen molar-refractivity contribution < 1.29 is 4.79 Å². The van der Waals surface area contributed by atoms with E-state index in [1.165, 1.54) is 0 Å². The van der Waals surface area contributed by atoms with Crippen LogP contribution in [0.1, 0.15) is 27.7 Å². The summed E-state index contributed by atoms with van der Waals surface area (Å²) in [4.78, 5) is 24.0. The van der Waals surface area contributed by atoms with Gasteiger partial charge in [-0.15, -0.1) is 0 Å². The molecule has 0 atom stereocenters. The molecular weight excluding hydrogens is 276 g/mol. The van der Waals surface area contributed by atoms with E-state index in [4.69, 9.17) is 0 Å². The van der Waals surface area contributed by atoms with Gasteiger partial charge in [0.15, 0.2) is 5.84 Å². The number of allylic oxidation sites excluding steroid dienone is 2. The predicted molar refractivity (Wildman–Crippen MR) is 95.6 cm³/mol. The van der Waals surface area contributed by atoms with Crippen LogP contribution in [0.2, 0.25) is 0 Å². The molecule has 5 nitrogen and oxygen atoms in total. The molecule has 22 heavy (non-hydrogen) atoms. The second kappa shape index (κ2) is 9.39. The maximum atomic E-state index is 11.5. The SMILES string of the molecule is C=NC(C)=NC(=NC(=C\C)/C(C)=C/C(=C)C(=O)NC)C(=C)C. The molecule has 0 fully saturated rings. The zero-order valence-corrected chi connectivity index (χ0v) is 14.0. The first kappa shape index (κ1) is 19.4. The molecular formula is C17H24N4O. The van der Waals surface area contributed by atoms with E-state index in [0.29, 0.717) is 28.5 Å². The maximum Gasteiger partial charge on any atom is 0.250 e. The van der Waals surface area contributed by atoms with Crippen LogP contribution in [0.15, 0.2) is 62.7 Å². The number of hydrogen-bond donors (Lipinski definition) is 1. The largest absolute Gasteiger partial charge is 0.355 e. The summed E-state index contributed by atoms with van der Waals surface area (Å²) in [5.74, 6) is 0.744. The first-order valence-corrected chi connectivity index (χ1v) is 6.79. The summed E-state index contributed by atoms with van der Waals surface area (Å²) in [5, 5.41) is 2.53. The van der Waals surface area contributed by atoms with Crippen molar-refractivity contribution in [3.63, 3.8) is 0 Å². The highest BCUT2D eigenvalue weighted by atomic mass is 16.1. The molecule has 0 aromatic rings. The average Bonchev–Trinajstić information content (AvgIpc) is 2.49. The average molecular weight is 300 g/mol. The van der Waals surface area contributed by atoms with Crippen molar-refractivity contribution in [3.8, 4) is 0 Å². The molecule has 0 bridgehead atoms. The number of hydrogen-bond acceptors (Lipinski definition) is 2. The number of likely N-dealkylation sites (N-methyl/N-ethyl adjacent to an activating group) is 1. The lowest BCUT2D eigenvalue weighted by Crippen LogP contribution is -2.18. The first-order chi connectivity index (χ1) is 10.3. The van der Waals surface area contributed by atoms with Gasteiger partial charge in [0, 0.05) is 12.6 Å². The molecule has 0 saturated heterocycles. The van der Waals surface area contributed by atoms with Gasteiger partial charge in [0.2, 0.25) is 5.91 Å². The number of amidine groups is 2. The molecule has 0 aliphatic heterocycles. The number of nitrogens with zero attached hydrogens (tertiary/aromatic N) is 3. The zero-order valence-electron chi connectivity index (χ0n) is 14.0. The predicted octanol–water partition coefficient (Wildman–Crippen LogP) is 3.23. The second-order valence-electron chi connectivity index (χ2n) is 4.64. The topological polar surface area (TPSA) is 66.2 Å². The fourth-order valence-corrected chi connectivity index (χ4v) is 1.46. The standard InChI is InChI=1S/C17H24N4O/c1-9-15(12(4)10-13(5)17(22)19-8)21-16(11(2)3)20-14(6)18-7/h9-10H,2,5,7H2,1,3-4,6,8H3,(H,19,22)/b12-10+,15-9-,20-14?,21-16?. The molecule has 0 heterocycles. The Morgan fingerprint density at radius 2 is 1.73 bits per heavy atom. The van der Waals surface area contributed by atoms with Crippen molar-refractivity contribution >= 4 is 24.3 Å². The van der Waals surface area contributed by atoms with Crippen molar-refractivity contribution in [2.75, 3.05) is 7.05 Å². The molecule has 0 saturated carbocycles. The summed E-state index contributed by atoms with van der Waals surface area (Å²) in [5.41, 5.74) is 2.55. The quantitative estimate of drug-likeness (QED) is 0.360. The lowest BCUT2D eigenvalue weighted by molar-refractivity contribution is -0.116. The third-order valence-corrected chi connectivity index (χ3v) is 2.69. The molecule has 0 aromatic carbocycles. The van der Waals surface area contributed by atoms with E-state index < -0.39 is 0 Å². The number of carbonyl (C=O) groups is 1. The fourth-order valence-electron chi connectivity index (χ4n) is 1.46. The van der Waals surface area contributed by atoms with E-state index >= 15 is 0 Å². The van der Waals surface area contributed by atoms with E-state index in [1.54, 1.807) is 20.0 Å². The third-order valence-electron chi connectivity index (χ3n) is 2.69. The number of nitrogens with one attached hydrogen (secondary N) is 1.